The number of aryl methyl sites for hydroxylation is 8. The number of allylic oxidation sites excluding steroid dienone is 6. The fourth-order valence-electron chi connectivity index (χ4n) is 14.6. The Morgan fingerprint density at radius 1 is 0.415 bits per heavy atom. The van der Waals surface area contributed by atoms with Gasteiger partial charge in [0.05, 0.1) is 28.1 Å². The molecule has 5 heterocycles. The molecular formula is C120H128Ir4N5O6-5. The molecule has 0 bridgehead atoms. The molecule has 0 aliphatic rings. The molecule has 0 spiro atoms. The van der Waals surface area contributed by atoms with Gasteiger partial charge in [0.2, 0.25) is 0 Å². The molecule has 0 atom stereocenters. The number of ketones is 3. The van der Waals surface area contributed by atoms with E-state index < -0.39 is 0 Å². The number of para-hydroxylation sites is 1. The molecule has 0 unspecified atom stereocenters. The number of pyridine rings is 5. The molecule has 0 saturated carbocycles. The first-order chi connectivity index (χ1) is 62.5. The Kier molecular flexibility index (Phi) is 50.6. The number of hydrogen-bond acceptors (Lipinski definition) is 11. The molecule has 710 valence electrons. The van der Waals surface area contributed by atoms with Gasteiger partial charge >= 0.3 is 0 Å². The summed E-state index contributed by atoms with van der Waals surface area (Å²) in [6.07, 6.45) is 12.7. The summed E-state index contributed by atoms with van der Waals surface area (Å²) in [5.41, 5.74) is 31.1. The molecule has 15 aromatic rings. The number of Topliss-reactive ketones (excluding diaryl/α,β-unsaturated/α-hetero) is 1. The van der Waals surface area contributed by atoms with Crippen molar-refractivity contribution in [1.82, 2.24) is 24.9 Å². The third-order valence-corrected chi connectivity index (χ3v) is 20.3. The minimum atomic E-state index is -0.125. The second-order valence-electron chi connectivity index (χ2n) is 35.5. The van der Waals surface area contributed by atoms with Crippen LogP contribution in [-0.4, -0.2) is 57.6 Å². The van der Waals surface area contributed by atoms with Crippen LogP contribution in [0.1, 0.15) is 177 Å². The van der Waals surface area contributed by atoms with E-state index in [9.17, 15) is 24.6 Å². The summed E-state index contributed by atoms with van der Waals surface area (Å²) in [6, 6.07) is 107. The van der Waals surface area contributed by atoms with Gasteiger partial charge in [0.1, 0.15) is 5.76 Å². The molecule has 5 aromatic heterocycles. The first kappa shape index (κ1) is 116. The van der Waals surface area contributed by atoms with E-state index in [1.165, 1.54) is 124 Å². The zero-order chi connectivity index (χ0) is 95.3. The Morgan fingerprint density at radius 3 is 1.47 bits per heavy atom. The Labute approximate surface area is 858 Å². The summed E-state index contributed by atoms with van der Waals surface area (Å²) < 4.78 is 0. The summed E-state index contributed by atoms with van der Waals surface area (Å²) in [7, 11) is 0. The number of aliphatic hydroxyl groups is 3. The van der Waals surface area contributed by atoms with Gasteiger partial charge < -0.3 is 30.3 Å². The SMILES string of the molecule is CC(=O)C(=C(C)O)c1ccccc1.CC(=O)C=C(C)O.CC(C)(C)c1ccnc(-c2[c-]ccc(-c3ccccc3)c2)c1.CC(C)CC(=O)C=C(O)CC(C)C.CCCc1ccc(-c2[c-]cccc2)nc1.Cc1[c-]c(-c2cc(CC(C)C)c3cc(C)ccc3n2)cc(C)c1.Cc1[c-]c(-c2ccc3ccccc3n2)cc(C)c1.Cc1cc(C)cc(-c2ccnc(-c3[c-]cccc3)c2)c1.[Ir].[Ir].[Ir].[Ir]. The van der Waals surface area contributed by atoms with Gasteiger partial charge in [-0.1, -0.05) is 266 Å². The molecule has 0 saturated heterocycles. The first-order valence-electron chi connectivity index (χ1n) is 45.0. The van der Waals surface area contributed by atoms with E-state index in [-0.39, 0.29) is 120 Å². The second kappa shape index (κ2) is 58.9. The van der Waals surface area contributed by atoms with Crippen molar-refractivity contribution in [3.8, 4) is 78.5 Å². The smallest absolute Gasteiger partial charge is 0.163 e. The number of hydrogen-bond donors (Lipinski definition) is 3. The van der Waals surface area contributed by atoms with Crippen LogP contribution in [0, 0.1) is 96.6 Å². The summed E-state index contributed by atoms with van der Waals surface area (Å²) in [4.78, 5) is 55.4. The predicted octanol–water partition coefficient (Wildman–Crippen LogP) is 30.7. The number of rotatable bonds is 19. The molecule has 15 rings (SSSR count). The number of carbonyl (C=O) groups is 3. The molecule has 11 nitrogen and oxygen atoms in total. The van der Waals surface area contributed by atoms with E-state index in [1.807, 2.05) is 143 Å². The zero-order valence-corrected chi connectivity index (χ0v) is 91.3. The molecule has 10 aromatic carbocycles. The Balaban J connectivity index is 0.000000327. The van der Waals surface area contributed by atoms with Gasteiger partial charge in [-0.25, -0.2) is 0 Å². The molecule has 0 aliphatic heterocycles. The summed E-state index contributed by atoms with van der Waals surface area (Å²) in [6.45, 7) is 42.0. The van der Waals surface area contributed by atoms with Crippen LogP contribution in [0.5, 0.6) is 0 Å². The molecular weight excluding hydrogens is 2380 g/mol. The minimum absolute atomic E-state index is 0. The van der Waals surface area contributed by atoms with E-state index >= 15 is 0 Å². The van der Waals surface area contributed by atoms with Gasteiger partial charge in [-0.2, -0.15) is 0 Å². The van der Waals surface area contributed by atoms with Gasteiger partial charge in [-0.3, -0.25) is 24.4 Å². The number of benzene rings is 10. The molecule has 0 amide bonds. The van der Waals surface area contributed by atoms with E-state index in [0.717, 1.165) is 96.9 Å². The molecule has 135 heavy (non-hydrogen) atoms. The van der Waals surface area contributed by atoms with Crippen LogP contribution in [-0.2, 0) is 113 Å². The van der Waals surface area contributed by atoms with Crippen LogP contribution in [0.15, 0.2) is 315 Å². The molecule has 0 aliphatic carbocycles. The fourth-order valence-corrected chi connectivity index (χ4v) is 14.6. The van der Waals surface area contributed by atoms with Crippen molar-refractivity contribution in [3.05, 3.63) is 406 Å². The van der Waals surface area contributed by atoms with Crippen LogP contribution >= 0.6 is 0 Å². The van der Waals surface area contributed by atoms with Crippen LogP contribution in [0.4, 0.5) is 0 Å². The summed E-state index contributed by atoms with van der Waals surface area (Å²) in [5, 5.41) is 29.5. The maximum atomic E-state index is 11.2. The van der Waals surface area contributed by atoms with Crippen molar-refractivity contribution in [2.24, 2.45) is 17.8 Å². The standard InChI is InChI=1S/C22H24N.C21H20N.C19H16N.C17H14N.C14H14N.C11H12O2.C11H20O2.C5H8O2.4Ir/c1-14(2)8-18-13-22(19-10-16(4)9-17(5)11-19)23-21-7-6-15(3)12-20(18)21;1-21(2,3)19-12-13-22-20(15-19)18-11-7-10-17(14-18)16-8-5-4-6-9-16;1-14-10-15(2)12-18(11-14)17-8-9-20-19(13-17)16-6-4-3-5-7-16;1-12-9-13(2)11-15(10-12)17-8-7-14-5-3-4-6-16(14)18-17;1-2-6-12-9-10-14(15-11-12)13-7-4-3-5-8-13;1-8(12)11(9(2)13)10-6-4-3-5-7-10;1-8(2)5-10(12)7-11(13)6-9(3)4;1-4(6)3-5(2)7;;;;/h6-7,9-10,12-14H,8H2,1-5H3;4-10,12-15H,1-3H3;3-6,8-13H,1-2H3;3-10H,1-2H3;3-5,7,9-11H,2,6H2,1H3;3-7,12H,1-2H3;7-9,12H,5-6H2,1-4H3;3,6H,1-2H3;;;;/q5*-1;;;;;;;. The largest absolute Gasteiger partial charge is 0.512 e. The van der Waals surface area contributed by atoms with E-state index in [1.54, 1.807) is 12.1 Å². The number of aromatic nitrogens is 5. The average molecular weight is 2510 g/mol. The summed E-state index contributed by atoms with van der Waals surface area (Å²) in [5.74, 6) is 1.49. The topological polar surface area (TPSA) is 176 Å². The maximum Gasteiger partial charge on any atom is 0.163 e. The van der Waals surface area contributed by atoms with Gasteiger partial charge in [-0.05, 0) is 188 Å². The number of fused-ring (bicyclic) bond motifs is 2. The van der Waals surface area contributed by atoms with Crippen molar-refractivity contribution in [2.75, 3.05) is 0 Å². The quantitative estimate of drug-likeness (QED) is 0.0399. The van der Waals surface area contributed by atoms with Crippen LogP contribution in [0.25, 0.3) is 106 Å². The van der Waals surface area contributed by atoms with Crippen molar-refractivity contribution >= 4 is 44.7 Å². The summed E-state index contributed by atoms with van der Waals surface area (Å²) >= 11 is 0. The van der Waals surface area contributed by atoms with Crippen LogP contribution in [0.2, 0.25) is 0 Å². The van der Waals surface area contributed by atoms with Crippen molar-refractivity contribution in [2.45, 2.75) is 183 Å². The van der Waals surface area contributed by atoms with Gasteiger partial charge in [-0.15, -0.1) is 177 Å². The Hall–Kier alpha value is -11.3. The number of carbonyl (C=O) groups excluding carboxylic acids is 3. The third kappa shape index (κ3) is 40.3. The van der Waals surface area contributed by atoms with Gasteiger partial charge in [0.25, 0.3) is 0 Å². The monoisotopic (exact) mass is 2510 g/mol. The number of nitrogens with zero attached hydrogens (tertiary/aromatic N) is 5. The zero-order valence-electron chi connectivity index (χ0n) is 81.7. The average Bonchev–Trinajstić information content (AvgIpc) is 0.869. The molecule has 15 heteroatoms. The first-order valence-corrected chi connectivity index (χ1v) is 45.0. The van der Waals surface area contributed by atoms with Crippen LogP contribution < -0.4 is 0 Å². The third-order valence-electron chi connectivity index (χ3n) is 20.3. The van der Waals surface area contributed by atoms with E-state index in [0.29, 0.717) is 36.2 Å². The maximum absolute atomic E-state index is 11.2. The molecule has 3 N–H and O–H groups in total. The Bertz CT molecular complexity index is 6260. The van der Waals surface area contributed by atoms with Gasteiger partial charge in [0.15, 0.2) is 17.3 Å². The van der Waals surface area contributed by atoms with Gasteiger partial charge in [0, 0.05) is 129 Å². The minimum Gasteiger partial charge on any atom is -0.512 e. The normalized spacial score (nSPS) is 10.9. The number of aliphatic hydroxyl groups excluding tert-OH is 3. The molecule has 0 fully saturated rings. The van der Waals surface area contributed by atoms with Crippen molar-refractivity contribution in [1.29, 1.82) is 0 Å². The Morgan fingerprint density at radius 2 is 0.948 bits per heavy atom. The van der Waals surface area contributed by atoms with Crippen molar-refractivity contribution in [3.63, 3.8) is 0 Å². The van der Waals surface area contributed by atoms with E-state index in [2.05, 4.69) is 293 Å². The fraction of sp³-hybridized carbons (Fsp3) is 0.250. The van der Waals surface area contributed by atoms with Crippen molar-refractivity contribution < 1.29 is 110 Å². The van der Waals surface area contributed by atoms with E-state index in [4.69, 9.17) is 15.1 Å². The van der Waals surface area contributed by atoms with Crippen LogP contribution in [0.3, 0.4) is 0 Å². The predicted molar refractivity (Wildman–Crippen MR) is 547 cm³/mol. The second-order valence-corrected chi connectivity index (χ2v) is 35.5. The molecule has 4 radical (unpaired) electrons.